The molecule has 0 saturated heterocycles. The van der Waals surface area contributed by atoms with E-state index in [0.29, 0.717) is 23.0 Å². The van der Waals surface area contributed by atoms with Gasteiger partial charge in [0.2, 0.25) is 11.8 Å². The van der Waals surface area contributed by atoms with Crippen molar-refractivity contribution in [1.29, 1.82) is 0 Å². The summed E-state index contributed by atoms with van der Waals surface area (Å²) in [5.41, 5.74) is 3.15. The van der Waals surface area contributed by atoms with E-state index in [0.717, 1.165) is 11.4 Å². The SMILES string of the molecule is CCC(Sc1nc(C)cc(C)n1)C(=O)Nc1ccc(NC(C)=O)cc1. The van der Waals surface area contributed by atoms with Crippen LogP contribution in [-0.4, -0.2) is 27.0 Å². The molecule has 2 amide bonds. The standard InChI is InChI=1S/C18H22N4O2S/c1-5-16(25-18-19-11(2)10-12(3)20-18)17(24)22-15-8-6-14(7-9-15)21-13(4)23/h6-10,16H,5H2,1-4H3,(H,21,23)(H,22,24). The van der Waals surface area contributed by atoms with Crippen LogP contribution in [0.2, 0.25) is 0 Å². The third-order valence-electron chi connectivity index (χ3n) is 3.35. The Bertz CT molecular complexity index is 742. The molecule has 0 radical (unpaired) electrons. The molecule has 1 unspecified atom stereocenters. The lowest BCUT2D eigenvalue weighted by Gasteiger charge is -2.14. The Morgan fingerprint density at radius 3 is 2.04 bits per heavy atom. The molecule has 1 aromatic carbocycles. The number of amides is 2. The molecule has 0 aliphatic heterocycles. The first-order valence-electron chi connectivity index (χ1n) is 8.05. The van der Waals surface area contributed by atoms with Gasteiger partial charge in [0.05, 0.1) is 5.25 Å². The summed E-state index contributed by atoms with van der Waals surface area (Å²) in [6.45, 7) is 7.24. The average molecular weight is 358 g/mol. The number of carbonyl (C=O) groups excluding carboxylic acids is 2. The molecule has 0 fully saturated rings. The Morgan fingerprint density at radius 1 is 1.04 bits per heavy atom. The van der Waals surface area contributed by atoms with E-state index < -0.39 is 0 Å². The van der Waals surface area contributed by atoms with Crippen molar-refractivity contribution in [3.63, 3.8) is 0 Å². The Kier molecular flexibility index (Phi) is 6.52. The van der Waals surface area contributed by atoms with Gasteiger partial charge in [0.1, 0.15) is 0 Å². The minimum absolute atomic E-state index is 0.0949. The number of aryl methyl sites for hydroxylation is 2. The monoisotopic (exact) mass is 358 g/mol. The number of nitrogens with zero attached hydrogens (tertiary/aromatic N) is 2. The average Bonchev–Trinajstić information content (AvgIpc) is 2.53. The third-order valence-corrected chi connectivity index (χ3v) is 4.57. The largest absolute Gasteiger partial charge is 0.326 e. The van der Waals surface area contributed by atoms with Crippen LogP contribution in [0.15, 0.2) is 35.5 Å². The van der Waals surface area contributed by atoms with E-state index in [1.807, 2.05) is 26.8 Å². The molecule has 0 saturated carbocycles. The summed E-state index contributed by atoms with van der Waals surface area (Å²) in [4.78, 5) is 32.3. The van der Waals surface area contributed by atoms with Gasteiger partial charge in [0.15, 0.2) is 5.16 Å². The van der Waals surface area contributed by atoms with Crippen LogP contribution in [0.3, 0.4) is 0 Å². The van der Waals surface area contributed by atoms with Gasteiger partial charge in [-0.3, -0.25) is 9.59 Å². The highest BCUT2D eigenvalue weighted by Gasteiger charge is 2.20. The van der Waals surface area contributed by atoms with Crippen molar-refractivity contribution in [3.05, 3.63) is 41.7 Å². The number of hydrogen-bond acceptors (Lipinski definition) is 5. The zero-order valence-corrected chi connectivity index (χ0v) is 15.6. The molecular weight excluding hydrogens is 336 g/mol. The number of carbonyl (C=O) groups is 2. The highest BCUT2D eigenvalue weighted by molar-refractivity contribution is 8.00. The van der Waals surface area contributed by atoms with Crippen LogP contribution in [0.1, 0.15) is 31.7 Å². The topological polar surface area (TPSA) is 84.0 Å². The Hall–Kier alpha value is -2.41. The zero-order valence-electron chi connectivity index (χ0n) is 14.8. The van der Waals surface area contributed by atoms with Crippen LogP contribution in [0.4, 0.5) is 11.4 Å². The fourth-order valence-corrected chi connectivity index (χ4v) is 3.24. The normalized spacial score (nSPS) is 11.7. The number of aromatic nitrogens is 2. The van der Waals surface area contributed by atoms with E-state index in [-0.39, 0.29) is 17.1 Å². The second-order valence-corrected chi connectivity index (χ2v) is 6.87. The van der Waals surface area contributed by atoms with E-state index in [2.05, 4.69) is 20.6 Å². The van der Waals surface area contributed by atoms with Crippen molar-refractivity contribution in [2.75, 3.05) is 10.6 Å². The van der Waals surface area contributed by atoms with Gasteiger partial charge in [0, 0.05) is 29.7 Å². The maximum absolute atomic E-state index is 12.5. The molecule has 1 atom stereocenters. The van der Waals surface area contributed by atoms with Crippen LogP contribution < -0.4 is 10.6 Å². The molecular formula is C18H22N4O2S. The van der Waals surface area contributed by atoms with Crippen LogP contribution in [0.5, 0.6) is 0 Å². The first-order chi connectivity index (χ1) is 11.9. The van der Waals surface area contributed by atoms with Crippen molar-refractivity contribution in [2.24, 2.45) is 0 Å². The lowest BCUT2D eigenvalue weighted by molar-refractivity contribution is -0.116. The summed E-state index contributed by atoms with van der Waals surface area (Å²) in [7, 11) is 0. The van der Waals surface area contributed by atoms with Crippen molar-refractivity contribution < 1.29 is 9.59 Å². The molecule has 0 spiro atoms. The van der Waals surface area contributed by atoms with Gasteiger partial charge in [-0.2, -0.15) is 0 Å². The predicted molar refractivity (Wildman–Crippen MR) is 101 cm³/mol. The van der Waals surface area contributed by atoms with Gasteiger partial charge in [-0.1, -0.05) is 18.7 Å². The van der Waals surface area contributed by atoms with Crippen molar-refractivity contribution in [1.82, 2.24) is 9.97 Å². The van der Waals surface area contributed by atoms with Gasteiger partial charge >= 0.3 is 0 Å². The second kappa shape index (κ2) is 8.62. The predicted octanol–water partition coefficient (Wildman–Crippen LogP) is 3.56. The lowest BCUT2D eigenvalue weighted by Crippen LogP contribution is -2.25. The molecule has 132 valence electrons. The minimum atomic E-state index is -0.281. The van der Waals surface area contributed by atoms with E-state index in [4.69, 9.17) is 0 Å². The molecule has 0 aliphatic rings. The maximum atomic E-state index is 12.5. The van der Waals surface area contributed by atoms with Gasteiger partial charge in [0.25, 0.3) is 0 Å². The Labute approximate surface area is 151 Å². The molecule has 2 N–H and O–H groups in total. The molecule has 2 rings (SSSR count). The summed E-state index contributed by atoms with van der Waals surface area (Å²) >= 11 is 1.36. The molecule has 0 bridgehead atoms. The third kappa shape index (κ3) is 5.86. The maximum Gasteiger partial charge on any atom is 0.237 e. The quantitative estimate of drug-likeness (QED) is 0.609. The molecule has 1 heterocycles. The summed E-state index contributed by atoms with van der Waals surface area (Å²) in [5.74, 6) is -0.227. The van der Waals surface area contributed by atoms with Gasteiger partial charge < -0.3 is 10.6 Å². The number of benzene rings is 1. The summed E-state index contributed by atoms with van der Waals surface area (Å²) in [6.07, 6.45) is 0.664. The van der Waals surface area contributed by atoms with Crippen molar-refractivity contribution in [2.45, 2.75) is 44.5 Å². The zero-order chi connectivity index (χ0) is 18.4. The van der Waals surface area contributed by atoms with E-state index in [9.17, 15) is 9.59 Å². The number of rotatable bonds is 6. The van der Waals surface area contributed by atoms with Gasteiger partial charge in [-0.25, -0.2) is 9.97 Å². The molecule has 2 aromatic rings. The number of thioether (sulfide) groups is 1. The van der Waals surface area contributed by atoms with Gasteiger partial charge in [-0.15, -0.1) is 0 Å². The summed E-state index contributed by atoms with van der Waals surface area (Å²) < 4.78 is 0. The van der Waals surface area contributed by atoms with Crippen molar-refractivity contribution in [3.8, 4) is 0 Å². The molecule has 1 aromatic heterocycles. The molecule has 6 nitrogen and oxygen atoms in total. The lowest BCUT2D eigenvalue weighted by atomic mass is 10.2. The Balaban J connectivity index is 2.02. The second-order valence-electron chi connectivity index (χ2n) is 5.70. The number of anilines is 2. The van der Waals surface area contributed by atoms with Crippen LogP contribution >= 0.6 is 11.8 Å². The van der Waals surface area contributed by atoms with Crippen LogP contribution in [-0.2, 0) is 9.59 Å². The highest BCUT2D eigenvalue weighted by Crippen LogP contribution is 2.24. The van der Waals surface area contributed by atoms with Crippen LogP contribution in [0, 0.1) is 13.8 Å². The van der Waals surface area contributed by atoms with E-state index in [1.165, 1.54) is 18.7 Å². The smallest absolute Gasteiger partial charge is 0.237 e. The molecule has 7 heteroatoms. The van der Waals surface area contributed by atoms with Crippen molar-refractivity contribution >= 4 is 35.0 Å². The Morgan fingerprint density at radius 2 is 1.56 bits per heavy atom. The summed E-state index contributed by atoms with van der Waals surface area (Å²) in [6, 6.07) is 8.92. The van der Waals surface area contributed by atoms with E-state index in [1.54, 1.807) is 24.3 Å². The first-order valence-corrected chi connectivity index (χ1v) is 8.92. The minimum Gasteiger partial charge on any atom is -0.326 e. The highest BCUT2D eigenvalue weighted by atomic mass is 32.2. The first kappa shape index (κ1) is 18.9. The molecule has 25 heavy (non-hydrogen) atoms. The van der Waals surface area contributed by atoms with E-state index >= 15 is 0 Å². The molecule has 0 aliphatic carbocycles. The fourth-order valence-electron chi connectivity index (χ4n) is 2.26. The number of nitrogens with one attached hydrogen (secondary N) is 2. The van der Waals surface area contributed by atoms with Crippen LogP contribution in [0.25, 0.3) is 0 Å². The van der Waals surface area contributed by atoms with Gasteiger partial charge in [-0.05, 0) is 50.6 Å². The fraction of sp³-hybridized carbons (Fsp3) is 0.333. The summed E-state index contributed by atoms with van der Waals surface area (Å²) in [5, 5.41) is 5.92. The number of hydrogen-bond donors (Lipinski definition) is 2.